The third-order valence-electron chi connectivity index (χ3n) is 14.9. The topological polar surface area (TPSA) is 48.5 Å². The van der Waals surface area contributed by atoms with Crippen LogP contribution in [-0.4, -0.2) is 24.1 Å². The van der Waals surface area contributed by atoms with Gasteiger partial charge in [0.1, 0.15) is 5.82 Å². The van der Waals surface area contributed by atoms with Crippen LogP contribution in [0.15, 0.2) is 231 Å². The Morgan fingerprint density at radius 2 is 0.829 bits per heavy atom. The van der Waals surface area contributed by atoms with Gasteiger partial charge in [-0.3, -0.25) is 4.57 Å². The van der Waals surface area contributed by atoms with E-state index in [2.05, 4.69) is 191 Å². The fourth-order valence-electron chi connectivity index (χ4n) is 11.9. The monoisotopic (exact) mass is 895 g/mol. The predicted molar refractivity (Wildman–Crippen MR) is 281 cm³/mol. The predicted octanol–water partition coefficient (Wildman–Crippen LogP) is 15.5. The smallest absolute Gasteiger partial charge is 0.238 e. The van der Waals surface area contributed by atoms with Crippen molar-refractivity contribution in [2.75, 3.05) is 0 Å². The minimum absolute atomic E-state index is 0.256. The molecule has 0 saturated carbocycles. The first-order valence-electron chi connectivity index (χ1n) is 23.7. The van der Waals surface area contributed by atoms with E-state index in [1.54, 1.807) is 12.1 Å². The molecule has 3 aromatic heterocycles. The molecule has 1 spiro atoms. The van der Waals surface area contributed by atoms with E-state index in [9.17, 15) is 0 Å². The molecular formula is C64H38FN5. The average Bonchev–Trinajstić information content (AvgIpc) is 4.12. The standard InChI is InChI=1S/C64H38FN5/c65-43-30-33-48-47-31-28-42(36-55(47)64(56(48)38-43)53-23-11-7-19-45(53)46-20-8-12-24-54(46)64)62-66-61(39-15-3-1-4-16-39)67-63(68-62)70-58-26-14-9-21-49(58)51-32-27-41(37-60(51)70)40-29-34-59-52(35-40)50-22-10-13-25-57(50)69(59)44-17-5-2-6-18-44/h1-38H. The van der Waals surface area contributed by atoms with Crippen molar-refractivity contribution < 1.29 is 4.39 Å². The molecule has 2 aliphatic carbocycles. The molecule has 0 amide bonds. The summed E-state index contributed by atoms with van der Waals surface area (Å²) in [4.78, 5) is 16.1. The lowest BCUT2D eigenvalue weighted by Crippen LogP contribution is -2.26. The summed E-state index contributed by atoms with van der Waals surface area (Å²) in [6.45, 7) is 0. The fourth-order valence-corrected chi connectivity index (χ4v) is 11.9. The highest BCUT2D eigenvalue weighted by Crippen LogP contribution is 2.63. The van der Waals surface area contributed by atoms with Crippen LogP contribution >= 0.6 is 0 Å². The summed E-state index contributed by atoms with van der Waals surface area (Å²) in [7, 11) is 0. The van der Waals surface area contributed by atoms with E-state index in [0.29, 0.717) is 17.6 Å². The number of halogens is 1. The number of fused-ring (bicyclic) bond motifs is 16. The van der Waals surface area contributed by atoms with Crippen LogP contribution in [0.4, 0.5) is 4.39 Å². The maximum Gasteiger partial charge on any atom is 0.238 e. The second-order valence-corrected chi connectivity index (χ2v) is 18.4. The third-order valence-corrected chi connectivity index (χ3v) is 14.9. The van der Waals surface area contributed by atoms with Gasteiger partial charge in [0.2, 0.25) is 5.95 Å². The second kappa shape index (κ2) is 14.6. The van der Waals surface area contributed by atoms with E-state index < -0.39 is 5.41 Å². The van der Waals surface area contributed by atoms with Gasteiger partial charge >= 0.3 is 0 Å². The first kappa shape index (κ1) is 38.8. The van der Waals surface area contributed by atoms with Gasteiger partial charge in [-0.2, -0.15) is 9.97 Å². The van der Waals surface area contributed by atoms with Gasteiger partial charge < -0.3 is 4.57 Å². The van der Waals surface area contributed by atoms with Crippen LogP contribution in [0.5, 0.6) is 0 Å². The quantitative estimate of drug-likeness (QED) is 0.173. The van der Waals surface area contributed by atoms with Gasteiger partial charge in [0.15, 0.2) is 11.6 Å². The summed E-state index contributed by atoms with van der Waals surface area (Å²) in [5, 5.41) is 4.62. The highest BCUT2D eigenvalue weighted by atomic mass is 19.1. The summed E-state index contributed by atoms with van der Waals surface area (Å²) in [6, 6.07) is 80.4. The number of para-hydroxylation sites is 3. The zero-order chi connectivity index (χ0) is 46.1. The van der Waals surface area contributed by atoms with Crippen molar-refractivity contribution in [2.24, 2.45) is 0 Å². The molecule has 5 nitrogen and oxygen atoms in total. The van der Waals surface area contributed by atoms with E-state index in [1.807, 2.05) is 36.4 Å². The largest absolute Gasteiger partial charge is 0.309 e. The summed E-state index contributed by atoms with van der Waals surface area (Å²) in [6.07, 6.45) is 0. The Morgan fingerprint density at radius 1 is 0.314 bits per heavy atom. The SMILES string of the molecule is Fc1ccc2c(c1)C1(c3ccccc3-c3ccccc31)c1cc(-c3nc(-c4ccccc4)nc(-n4c5ccccc5c5ccc(-c6ccc7c(c6)c6ccccc6n7-c6ccccc6)cc54)n3)ccc1-2. The summed E-state index contributed by atoms with van der Waals surface area (Å²) in [5.41, 5.74) is 17.4. The molecule has 15 rings (SSSR count). The summed E-state index contributed by atoms with van der Waals surface area (Å²) in [5.74, 6) is 1.38. The lowest BCUT2D eigenvalue weighted by atomic mass is 9.70. The number of hydrogen-bond donors (Lipinski definition) is 0. The summed E-state index contributed by atoms with van der Waals surface area (Å²) < 4.78 is 20.1. The zero-order valence-corrected chi connectivity index (χ0v) is 37.6. The maximum absolute atomic E-state index is 15.6. The molecule has 0 bridgehead atoms. The molecule has 0 saturated heterocycles. The zero-order valence-electron chi connectivity index (χ0n) is 37.6. The minimum atomic E-state index is -0.739. The van der Waals surface area contributed by atoms with Crippen LogP contribution in [0.2, 0.25) is 0 Å². The van der Waals surface area contributed by atoms with Gasteiger partial charge in [-0.25, -0.2) is 9.37 Å². The Morgan fingerprint density at radius 3 is 1.57 bits per heavy atom. The van der Waals surface area contributed by atoms with Gasteiger partial charge in [0, 0.05) is 38.4 Å². The molecule has 0 fully saturated rings. The Labute approximate surface area is 402 Å². The van der Waals surface area contributed by atoms with Gasteiger partial charge in [0.05, 0.1) is 27.5 Å². The molecule has 0 aliphatic heterocycles. The Bertz CT molecular complexity index is 4270. The van der Waals surface area contributed by atoms with Gasteiger partial charge in [-0.15, -0.1) is 0 Å². The van der Waals surface area contributed by atoms with Crippen molar-refractivity contribution in [1.29, 1.82) is 0 Å². The van der Waals surface area contributed by atoms with Gasteiger partial charge in [-0.1, -0.05) is 170 Å². The second-order valence-electron chi connectivity index (χ2n) is 18.4. The number of aromatic nitrogens is 5. The fraction of sp³-hybridized carbons (Fsp3) is 0.0156. The van der Waals surface area contributed by atoms with Crippen molar-refractivity contribution in [3.8, 4) is 67.8 Å². The normalized spacial score (nSPS) is 13.0. The van der Waals surface area contributed by atoms with E-state index in [-0.39, 0.29) is 5.82 Å². The highest BCUT2D eigenvalue weighted by molar-refractivity contribution is 6.12. The molecule has 70 heavy (non-hydrogen) atoms. The minimum Gasteiger partial charge on any atom is -0.309 e. The molecule has 2 aliphatic rings. The number of nitrogens with zero attached hydrogens (tertiary/aromatic N) is 5. The lowest BCUT2D eigenvalue weighted by molar-refractivity contribution is 0.622. The van der Waals surface area contributed by atoms with Crippen molar-refractivity contribution in [2.45, 2.75) is 5.41 Å². The van der Waals surface area contributed by atoms with Crippen molar-refractivity contribution in [1.82, 2.24) is 24.1 Å². The van der Waals surface area contributed by atoms with Crippen LogP contribution in [-0.2, 0) is 5.41 Å². The molecule has 13 aromatic rings. The van der Waals surface area contributed by atoms with E-state index in [1.165, 1.54) is 16.3 Å². The van der Waals surface area contributed by atoms with Crippen LogP contribution in [0.25, 0.3) is 111 Å². The van der Waals surface area contributed by atoms with E-state index in [0.717, 1.165) is 99.8 Å². The van der Waals surface area contributed by atoms with Crippen molar-refractivity contribution >= 4 is 43.6 Å². The first-order chi connectivity index (χ1) is 34.6. The molecule has 3 heterocycles. The van der Waals surface area contributed by atoms with Crippen molar-refractivity contribution in [3.63, 3.8) is 0 Å². The number of rotatable bonds is 5. The van der Waals surface area contributed by atoms with Crippen LogP contribution in [0.1, 0.15) is 22.3 Å². The highest BCUT2D eigenvalue weighted by Gasteiger charge is 2.52. The molecular weight excluding hydrogens is 858 g/mol. The Balaban J connectivity index is 0.948. The van der Waals surface area contributed by atoms with E-state index >= 15 is 4.39 Å². The molecule has 326 valence electrons. The van der Waals surface area contributed by atoms with Gasteiger partial charge in [-0.05, 0) is 116 Å². The molecule has 0 atom stereocenters. The van der Waals surface area contributed by atoms with Crippen LogP contribution < -0.4 is 0 Å². The lowest BCUT2D eigenvalue weighted by Gasteiger charge is -2.30. The molecule has 0 N–H and O–H groups in total. The Hall–Kier alpha value is -9.26. The maximum atomic E-state index is 15.6. The van der Waals surface area contributed by atoms with Crippen molar-refractivity contribution in [3.05, 3.63) is 259 Å². The number of benzene rings is 10. The van der Waals surface area contributed by atoms with E-state index in [4.69, 9.17) is 15.0 Å². The third kappa shape index (κ3) is 5.38. The molecule has 0 radical (unpaired) electrons. The molecule has 6 heteroatoms. The molecule has 10 aromatic carbocycles. The summed E-state index contributed by atoms with van der Waals surface area (Å²) >= 11 is 0. The van der Waals surface area contributed by atoms with Crippen LogP contribution in [0, 0.1) is 5.82 Å². The number of hydrogen-bond acceptors (Lipinski definition) is 3. The van der Waals surface area contributed by atoms with Crippen LogP contribution in [0.3, 0.4) is 0 Å². The Kier molecular flexibility index (Phi) is 8.10. The van der Waals surface area contributed by atoms with Gasteiger partial charge in [0.25, 0.3) is 0 Å². The average molecular weight is 896 g/mol. The molecule has 0 unspecified atom stereocenters. The first-order valence-corrected chi connectivity index (χ1v) is 23.7.